The van der Waals surface area contributed by atoms with Crippen LogP contribution in [0.3, 0.4) is 0 Å². The molecule has 1 fully saturated rings. The molecule has 2 atom stereocenters. The summed E-state index contributed by atoms with van der Waals surface area (Å²) in [7, 11) is 1.57. The number of hydrogen-bond acceptors (Lipinski definition) is 5. The SMILES string of the molecule is COc1c(Cl)ncnc1N1CC(C)OC(C)C1. The Morgan fingerprint density at radius 1 is 1.35 bits per heavy atom. The number of anilines is 1. The van der Waals surface area contributed by atoms with Crippen molar-refractivity contribution in [3.05, 3.63) is 11.5 Å². The summed E-state index contributed by atoms with van der Waals surface area (Å²) in [5, 5.41) is 0.337. The highest BCUT2D eigenvalue weighted by atomic mass is 35.5. The van der Waals surface area contributed by atoms with Crippen molar-refractivity contribution in [3.63, 3.8) is 0 Å². The van der Waals surface area contributed by atoms with Gasteiger partial charge in [-0.15, -0.1) is 0 Å². The lowest BCUT2D eigenvalue weighted by Gasteiger charge is -2.36. The largest absolute Gasteiger partial charge is 0.490 e. The molecule has 17 heavy (non-hydrogen) atoms. The van der Waals surface area contributed by atoms with Crippen LogP contribution in [0, 0.1) is 0 Å². The molecule has 1 aliphatic heterocycles. The predicted molar refractivity (Wildman–Crippen MR) is 65.8 cm³/mol. The topological polar surface area (TPSA) is 47.5 Å². The molecule has 0 aromatic carbocycles. The maximum Gasteiger partial charge on any atom is 0.199 e. The molecule has 1 aromatic heterocycles. The summed E-state index contributed by atoms with van der Waals surface area (Å²) in [6, 6.07) is 0. The van der Waals surface area contributed by atoms with Crippen LogP contribution in [0.2, 0.25) is 5.15 Å². The first-order chi connectivity index (χ1) is 8.11. The van der Waals surface area contributed by atoms with Gasteiger partial charge in [0.1, 0.15) is 6.33 Å². The lowest BCUT2D eigenvalue weighted by atomic mass is 10.2. The van der Waals surface area contributed by atoms with Gasteiger partial charge in [-0.25, -0.2) is 9.97 Å². The molecule has 0 N–H and O–H groups in total. The van der Waals surface area contributed by atoms with E-state index in [0.717, 1.165) is 18.9 Å². The third-order valence-electron chi connectivity index (χ3n) is 2.66. The number of methoxy groups -OCH3 is 1. The number of halogens is 1. The fourth-order valence-corrected chi connectivity index (χ4v) is 2.30. The van der Waals surface area contributed by atoms with E-state index in [9.17, 15) is 0 Å². The number of ether oxygens (including phenoxy) is 2. The minimum atomic E-state index is 0.164. The molecule has 0 bridgehead atoms. The Bertz CT molecular complexity index is 392. The normalized spacial score (nSPS) is 24.8. The third kappa shape index (κ3) is 2.61. The molecular weight excluding hydrogens is 242 g/mol. The van der Waals surface area contributed by atoms with Crippen LogP contribution in [0.1, 0.15) is 13.8 Å². The summed E-state index contributed by atoms with van der Waals surface area (Å²) in [5.41, 5.74) is 0. The molecular formula is C11H16ClN3O2. The molecule has 2 rings (SSSR count). The molecule has 1 aliphatic rings. The zero-order valence-corrected chi connectivity index (χ0v) is 10.9. The van der Waals surface area contributed by atoms with Crippen molar-refractivity contribution < 1.29 is 9.47 Å². The van der Waals surface area contributed by atoms with Crippen LogP contribution in [-0.4, -0.2) is 42.4 Å². The quantitative estimate of drug-likeness (QED) is 0.756. The molecule has 94 valence electrons. The van der Waals surface area contributed by atoms with Crippen LogP contribution >= 0.6 is 11.6 Å². The number of hydrogen-bond donors (Lipinski definition) is 0. The summed E-state index contributed by atoms with van der Waals surface area (Å²) < 4.78 is 10.9. The summed E-state index contributed by atoms with van der Waals surface area (Å²) in [6.07, 6.45) is 1.78. The van der Waals surface area contributed by atoms with Gasteiger partial charge in [-0.05, 0) is 13.8 Å². The van der Waals surface area contributed by atoms with Crippen LogP contribution in [0.4, 0.5) is 5.82 Å². The monoisotopic (exact) mass is 257 g/mol. The lowest BCUT2D eigenvalue weighted by Crippen LogP contribution is -2.46. The molecule has 6 heteroatoms. The fraction of sp³-hybridized carbons (Fsp3) is 0.636. The van der Waals surface area contributed by atoms with Gasteiger partial charge in [-0.2, -0.15) is 0 Å². The number of morpholine rings is 1. The molecule has 0 radical (unpaired) electrons. The van der Waals surface area contributed by atoms with Gasteiger partial charge in [0.05, 0.1) is 19.3 Å². The van der Waals surface area contributed by atoms with Gasteiger partial charge in [-0.3, -0.25) is 0 Å². The molecule has 1 saturated heterocycles. The van der Waals surface area contributed by atoms with Crippen molar-refractivity contribution in [2.75, 3.05) is 25.1 Å². The highest BCUT2D eigenvalue weighted by Gasteiger charge is 2.26. The van der Waals surface area contributed by atoms with Gasteiger partial charge < -0.3 is 14.4 Å². The van der Waals surface area contributed by atoms with E-state index in [0.29, 0.717) is 10.9 Å². The summed E-state index contributed by atoms with van der Waals surface area (Å²) in [5.74, 6) is 1.25. The summed E-state index contributed by atoms with van der Waals surface area (Å²) >= 11 is 5.99. The Balaban J connectivity index is 2.30. The molecule has 0 amide bonds. The smallest absolute Gasteiger partial charge is 0.199 e. The van der Waals surface area contributed by atoms with Crippen molar-refractivity contribution in [1.82, 2.24) is 9.97 Å². The molecule has 0 saturated carbocycles. The van der Waals surface area contributed by atoms with E-state index in [1.165, 1.54) is 6.33 Å². The fourth-order valence-electron chi connectivity index (χ4n) is 2.10. The van der Waals surface area contributed by atoms with E-state index >= 15 is 0 Å². The van der Waals surface area contributed by atoms with Crippen LogP contribution in [-0.2, 0) is 4.74 Å². The van der Waals surface area contributed by atoms with Gasteiger partial charge >= 0.3 is 0 Å². The van der Waals surface area contributed by atoms with Gasteiger partial charge in [0.2, 0.25) is 0 Å². The second kappa shape index (κ2) is 5.06. The first kappa shape index (κ1) is 12.4. The Morgan fingerprint density at radius 3 is 2.59 bits per heavy atom. The average molecular weight is 258 g/mol. The average Bonchev–Trinajstić information content (AvgIpc) is 2.27. The zero-order chi connectivity index (χ0) is 12.4. The number of nitrogens with zero attached hydrogens (tertiary/aromatic N) is 3. The number of aromatic nitrogens is 2. The summed E-state index contributed by atoms with van der Waals surface area (Å²) in [6.45, 7) is 5.62. The van der Waals surface area contributed by atoms with Gasteiger partial charge in [0, 0.05) is 13.1 Å². The number of rotatable bonds is 2. The second-order valence-electron chi connectivity index (χ2n) is 4.18. The maximum atomic E-state index is 5.99. The lowest BCUT2D eigenvalue weighted by molar-refractivity contribution is -0.00558. The third-order valence-corrected chi connectivity index (χ3v) is 2.93. The zero-order valence-electron chi connectivity index (χ0n) is 10.2. The second-order valence-corrected chi connectivity index (χ2v) is 4.54. The molecule has 0 spiro atoms. The Morgan fingerprint density at radius 2 is 2.00 bits per heavy atom. The molecule has 2 heterocycles. The predicted octanol–water partition coefficient (Wildman–Crippen LogP) is 1.75. The first-order valence-electron chi connectivity index (χ1n) is 5.56. The minimum absolute atomic E-state index is 0.164. The van der Waals surface area contributed by atoms with E-state index in [4.69, 9.17) is 21.1 Å². The van der Waals surface area contributed by atoms with Crippen molar-refractivity contribution in [2.24, 2.45) is 0 Å². The van der Waals surface area contributed by atoms with Crippen LogP contribution in [0.25, 0.3) is 0 Å². The summed E-state index contributed by atoms with van der Waals surface area (Å²) in [4.78, 5) is 10.3. The molecule has 5 nitrogen and oxygen atoms in total. The Labute approximate surface area is 106 Å². The van der Waals surface area contributed by atoms with Gasteiger partial charge in [-0.1, -0.05) is 11.6 Å². The molecule has 1 aromatic rings. The van der Waals surface area contributed by atoms with Crippen LogP contribution in [0.15, 0.2) is 6.33 Å². The van der Waals surface area contributed by atoms with Crippen LogP contribution in [0.5, 0.6) is 5.75 Å². The Hall–Kier alpha value is -1.07. The minimum Gasteiger partial charge on any atom is -0.490 e. The van der Waals surface area contributed by atoms with Crippen molar-refractivity contribution in [3.8, 4) is 5.75 Å². The van der Waals surface area contributed by atoms with E-state index in [-0.39, 0.29) is 12.2 Å². The van der Waals surface area contributed by atoms with Crippen molar-refractivity contribution in [1.29, 1.82) is 0 Å². The van der Waals surface area contributed by atoms with Gasteiger partial charge in [0.15, 0.2) is 16.7 Å². The highest BCUT2D eigenvalue weighted by molar-refractivity contribution is 6.31. The van der Waals surface area contributed by atoms with Crippen LogP contribution < -0.4 is 9.64 Å². The van der Waals surface area contributed by atoms with Crippen molar-refractivity contribution >= 4 is 17.4 Å². The first-order valence-corrected chi connectivity index (χ1v) is 5.94. The highest BCUT2D eigenvalue weighted by Crippen LogP contribution is 2.32. The van der Waals surface area contributed by atoms with E-state index in [2.05, 4.69) is 14.9 Å². The Kier molecular flexibility index (Phi) is 3.69. The van der Waals surface area contributed by atoms with Gasteiger partial charge in [0.25, 0.3) is 0 Å². The van der Waals surface area contributed by atoms with E-state index < -0.39 is 0 Å². The molecule has 0 aliphatic carbocycles. The maximum absolute atomic E-state index is 5.99. The van der Waals surface area contributed by atoms with E-state index in [1.54, 1.807) is 7.11 Å². The molecule has 2 unspecified atom stereocenters. The standard InChI is InChI=1S/C11H16ClN3O2/c1-7-4-15(5-8(2)17-7)11-9(16-3)10(12)13-6-14-11/h6-8H,4-5H2,1-3H3. The van der Waals surface area contributed by atoms with Crippen molar-refractivity contribution in [2.45, 2.75) is 26.1 Å². The van der Waals surface area contributed by atoms with E-state index in [1.807, 2.05) is 13.8 Å².